The number of hydrogen-bond donors (Lipinski definition) is 1. The predicted molar refractivity (Wildman–Crippen MR) is 125 cm³/mol. The van der Waals surface area contributed by atoms with Crippen LogP contribution in [0.3, 0.4) is 0 Å². The van der Waals surface area contributed by atoms with Crippen LogP contribution in [-0.4, -0.2) is 51.7 Å². The number of anilines is 1. The number of ether oxygens (including phenoxy) is 2. The minimum Gasteiger partial charge on any atom is -0.486 e. The number of aromatic nitrogens is 5. The topological polar surface area (TPSA) is 89.1 Å². The van der Waals surface area contributed by atoms with Gasteiger partial charge in [-0.1, -0.05) is 0 Å². The second kappa shape index (κ2) is 7.52. The molecule has 8 nitrogen and oxygen atoms in total. The normalized spacial score (nSPS) is 17.6. The van der Waals surface area contributed by atoms with Crippen molar-refractivity contribution in [2.45, 2.75) is 26.9 Å². The van der Waals surface area contributed by atoms with Gasteiger partial charge in [0, 0.05) is 35.8 Å². The van der Waals surface area contributed by atoms with Crippen molar-refractivity contribution in [3.8, 4) is 17.0 Å². The highest BCUT2D eigenvalue weighted by molar-refractivity contribution is 5.93. The Labute approximate surface area is 192 Å². The molecule has 5 heterocycles. The van der Waals surface area contributed by atoms with Gasteiger partial charge in [-0.15, -0.1) is 0 Å². The van der Waals surface area contributed by atoms with Crippen LogP contribution in [0.15, 0.2) is 42.7 Å². The van der Waals surface area contributed by atoms with Crippen molar-refractivity contribution in [1.82, 2.24) is 25.4 Å². The summed E-state index contributed by atoms with van der Waals surface area (Å²) in [6, 6.07) is 10.2. The maximum absolute atomic E-state index is 6.30. The Morgan fingerprint density at radius 3 is 2.67 bits per heavy atom. The average molecular weight is 443 g/mol. The summed E-state index contributed by atoms with van der Waals surface area (Å²) in [5.74, 6) is 1.79. The molecule has 4 aromatic rings. The lowest BCUT2D eigenvalue weighted by Crippen LogP contribution is -2.66. The molecular weight excluding hydrogens is 416 g/mol. The van der Waals surface area contributed by atoms with Crippen molar-refractivity contribution in [3.05, 3.63) is 59.5 Å². The van der Waals surface area contributed by atoms with Gasteiger partial charge in [-0.2, -0.15) is 15.3 Å². The molecule has 0 aliphatic carbocycles. The number of aromatic amines is 1. The zero-order chi connectivity index (χ0) is 22.6. The Balaban J connectivity index is 1.24. The van der Waals surface area contributed by atoms with Crippen LogP contribution in [0, 0.1) is 19.3 Å². The SMILES string of the molecule is Cc1cnnc(C)c1[C@@H](C)Oc1ccc2[nH]nc(-c3ccc(N4CC5(COC5)C4)nc3)c2c1. The van der Waals surface area contributed by atoms with E-state index in [1.165, 1.54) is 0 Å². The fourth-order valence-electron chi connectivity index (χ4n) is 4.99. The third kappa shape index (κ3) is 3.41. The quantitative estimate of drug-likeness (QED) is 0.499. The minimum atomic E-state index is -0.143. The third-order valence-electron chi connectivity index (χ3n) is 6.74. The van der Waals surface area contributed by atoms with Crippen LogP contribution in [0.4, 0.5) is 5.82 Å². The average Bonchev–Trinajstić information content (AvgIpc) is 3.15. The molecule has 6 rings (SSSR count). The number of rotatable bonds is 5. The molecule has 0 bridgehead atoms. The van der Waals surface area contributed by atoms with Gasteiger partial charge in [0.1, 0.15) is 23.4 Å². The molecule has 8 heteroatoms. The van der Waals surface area contributed by atoms with Crippen molar-refractivity contribution in [3.63, 3.8) is 0 Å². The number of H-pyrrole nitrogens is 1. The van der Waals surface area contributed by atoms with Gasteiger partial charge in [0.05, 0.1) is 36.0 Å². The highest BCUT2D eigenvalue weighted by Crippen LogP contribution is 2.40. The maximum Gasteiger partial charge on any atom is 0.128 e. The van der Waals surface area contributed by atoms with Crippen LogP contribution in [-0.2, 0) is 4.74 Å². The lowest BCUT2D eigenvalue weighted by atomic mass is 9.78. The summed E-state index contributed by atoms with van der Waals surface area (Å²) >= 11 is 0. The summed E-state index contributed by atoms with van der Waals surface area (Å²) in [5.41, 5.74) is 6.20. The summed E-state index contributed by atoms with van der Waals surface area (Å²) in [5, 5.41) is 16.9. The van der Waals surface area contributed by atoms with Crippen LogP contribution in [0.5, 0.6) is 5.75 Å². The van der Waals surface area contributed by atoms with Gasteiger partial charge in [0.2, 0.25) is 0 Å². The monoisotopic (exact) mass is 442 g/mol. The molecule has 168 valence electrons. The number of pyridine rings is 1. The predicted octanol–water partition coefficient (Wildman–Crippen LogP) is 4.01. The van der Waals surface area contributed by atoms with Crippen LogP contribution >= 0.6 is 0 Å². The Morgan fingerprint density at radius 1 is 1.12 bits per heavy atom. The van der Waals surface area contributed by atoms with Gasteiger partial charge in [-0.3, -0.25) is 5.10 Å². The first-order chi connectivity index (χ1) is 16.0. The van der Waals surface area contributed by atoms with Crippen LogP contribution < -0.4 is 9.64 Å². The number of nitrogens with zero attached hydrogens (tertiary/aromatic N) is 5. The molecule has 1 atom stereocenters. The lowest BCUT2D eigenvalue weighted by molar-refractivity contribution is -0.127. The third-order valence-corrected chi connectivity index (χ3v) is 6.74. The minimum absolute atomic E-state index is 0.143. The number of fused-ring (bicyclic) bond motifs is 1. The molecule has 3 aromatic heterocycles. The number of nitrogens with one attached hydrogen (secondary N) is 1. The summed E-state index contributed by atoms with van der Waals surface area (Å²) in [6.07, 6.45) is 3.53. The molecule has 2 aliphatic rings. The first kappa shape index (κ1) is 20.1. The molecule has 1 aromatic carbocycles. The Hall–Kier alpha value is -3.52. The molecule has 33 heavy (non-hydrogen) atoms. The summed E-state index contributed by atoms with van der Waals surface area (Å²) in [4.78, 5) is 7.01. The summed E-state index contributed by atoms with van der Waals surface area (Å²) in [6.45, 7) is 9.83. The molecule has 2 fully saturated rings. The van der Waals surface area contributed by atoms with E-state index in [0.29, 0.717) is 5.41 Å². The molecule has 1 spiro atoms. The van der Waals surface area contributed by atoms with E-state index in [1.54, 1.807) is 6.20 Å². The number of aryl methyl sites for hydroxylation is 2. The fraction of sp³-hybridized carbons (Fsp3) is 0.360. The van der Waals surface area contributed by atoms with Gasteiger partial charge in [-0.25, -0.2) is 4.98 Å². The summed E-state index contributed by atoms with van der Waals surface area (Å²) < 4.78 is 11.7. The lowest BCUT2D eigenvalue weighted by Gasteiger charge is -2.55. The molecule has 2 aliphatic heterocycles. The van der Waals surface area contributed by atoms with Gasteiger partial charge < -0.3 is 14.4 Å². The molecular formula is C25H26N6O2. The highest BCUT2D eigenvalue weighted by atomic mass is 16.5. The van der Waals surface area contributed by atoms with Gasteiger partial charge in [0.15, 0.2) is 0 Å². The largest absolute Gasteiger partial charge is 0.486 e. The number of benzene rings is 1. The van der Waals surface area contributed by atoms with Crippen LogP contribution in [0.2, 0.25) is 0 Å². The molecule has 0 radical (unpaired) electrons. The smallest absolute Gasteiger partial charge is 0.128 e. The van der Waals surface area contributed by atoms with Crippen molar-refractivity contribution in [2.24, 2.45) is 5.41 Å². The Morgan fingerprint density at radius 2 is 1.97 bits per heavy atom. The standard InChI is InChI=1S/C25H26N6O2/c1-15-9-27-28-16(2)23(15)17(3)33-19-5-6-21-20(8-19)24(30-29-21)18-4-7-22(26-10-18)31-11-25(12-31)13-32-14-25/h4-10,17H,11-14H2,1-3H3,(H,29,30)/t17-/m1/s1. The van der Waals surface area contributed by atoms with E-state index in [-0.39, 0.29) is 6.10 Å². The summed E-state index contributed by atoms with van der Waals surface area (Å²) in [7, 11) is 0. The fourth-order valence-corrected chi connectivity index (χ4v) is 4.99. The Kier molecular flexibility index (Phi) is 4.58. The molecule has 0 saturated carbocycles. The van der Waals surface area contributed by atoms with Crippen LogP contribution in [0.1, 0.15) is 29.8 Å². The second-order valence-electron chi connectivity index (χ2n) is 9.32. The van der Waals surface area contributed by atoms with E-state index < -0.39 is 0 Å². The maximum atomic E-state index is 6.30. The molecule has 0 unspecified atom stereocenters. The first-order valence-corrected chi connectivity index (χ1v) is 11.2. The molecule has 2 saturated heterocycles. The van der Waals surface area contributed by atoms with Gasteiger partial charge in [0.25, 0.3) is 0 Å². The van der Waals surface area contributed by atoms with Crippen molar-refractivity contribution in [2.75, 3.05) is 31.2 Å². The zero-order valence-electron chi connectivity index (χ0n) is 19.0. The van der Waals surface area contributed by atoms with Crippen molar-refractivity contribution in [1.29, 1.82) is 0 Å². The molecule has 1 N–H and O–H groups in total. The van der Waals surface area contributed by atoms with E-state index in [0.717, 1.165) is 76.9 Å². The van der Waals surface area contributed by atoms with E-state index in [1.807, 2.05) is 45.2 Å². The van der Waals surface area contributed by atoms with Crippen molar-refractivity contribution >= 4 is 16.7 Å². The van der Waals surface area contributed by atoms with Gasteiger partial charge >= 0.3 is 0 Å². The highest BCUT2D eigenvalue weighted by Gasteiger charge is 2.49. The van der Waals surface area contributed by atoms with E-state index in [2.05, 4.69) is 37.4 Å². The second-order valence-corrected chi connectivity index (χ2v) is 9.32. The van der Waals surface area contributed by atoms with Gasteiger partial charge in [-0.05, 0) is 56.7 Å². The van der Waals surface area contributed by atoms with E-state index in [9.17, 15) is 0 Å². The molecule has 0 amide bonds. The Bertz CT molecular complexity index is 1300. The van der Waals surface area contributed by atoms with Crippen molar-refractivity contribution < 1.29 is 9.47 Å². The zero-order valence-corrected chi connectivity index (χ0v) is 19.0. The van der Waals surface area contributed by atoms with Crippen LogP contribution in [0.25, 0.3) is 22.2 Å². The van der Waals surface area contributed by atoms with E-state index >= 15 is 0 Å². The van der Waals surface area contributed by atoms with E-state index in [4.69, 9.17) is 14.5 Å². The number of hydrogen-bond acceptors (Lipinski definition) is 7. The first-order valence-electron chi connectivity index (χ1n) is 11.2.